The van der Waals surface area contributed by atoms with Crippen LogP contribution >= 0.6 is 11.8 Å². The number of ether oxygens (including phenoxy) is 3. The number of rotatable bonds is 11. The van der Waals surface area contributed by atoms with E-state index >= 15 is 0 Å². The minimum absolute atomic E-state index is 0.0240. The van der Waals surface area contributed by atoms with Gasteiger partial charge >= 0.3 is 0 Å². The standard InChI is InChI=1S/C43H57N5O10S2/c1-24(2)57-36-21-33(29-16-17-32(56-6)25(3)37(29)45-36)58-27-20-31-38(49)46-43(41(52)47-60(54,55)28-14-15-28)22-26(43)12-10-8-7-9-11-13-30(40(51)48(31)23-27)44-39(50)34-18-19-35(59-34)42(4,5)53/h10,12,16-17,19,21,24,26-28,30-31,34,53H,7-9,11,13-15,18,20,22-23H2,1-6H3,(H,44,50)(H,46,49)(H,47,52)/b12-10-/t26?,27-,30+,31+,34?,43-/m1/s1. The number of fused-ring (bicyclic) bond motifs is 3. The summed E-state index contributed by atoms with van der Waals surface area (Å²) >= 11 is 1.27. The van der Waals surface area contributed by atoms with Crippen LogP contribution in [0.5, 0.6) is 17.4 Å². The monoisotopic (exact) mass is 867 g/mol. The predicted octanol–water partition coefficient (Wildman–Crippen LogP) is 4.34. The number of benzene rings is 1. The highest BCUT2D eigenvalue weighted by Gasteiger charge is 2.62. The number of aromatic nitrogens is 1. The van der Waals surface area contributed by atoms with E-state index in [2.05, 4.69) is 15.4 Å². The van der Waals surface area contributed by atoms with Crippen LogP contribution in [0.15, 0.2) is 41.3 Å². The third-order valence-corrected chi connectivity index (χ3v) is 15.3. The molecule has 3 aliphatic heterocycles. The number of amides is 4. The molecule has 3 fully saturated rings. The van der Waals surface area contributed by atoms with Gasteiger partial charge in [-0.05, 0) is 91.7 Å². The fourth-order valence-electron chi connectivity index (χ4n) is 8.29. The Bertz CT molecular complexity index is 2200. The summed E-state index contributed by atoms with van der Waals surface area (Å²) < 4.78 is 46.4. The third-order valence-electron chi connectivity index (χ3n) is 11.8. The highest BCUT2D eigenvalue weighted by Crippen LogP contribution is 2.46. The minimum Gasteiger partial charge on any atom is -0.496 e. The van der Waals surface area contributed by atoms with Crippen molar-refractivity contribution in [2.75, 3.05) is 13.7 Å². The largest absolute Gasteiger partial charge is 0.496 e. The molecule has 326 valence electrons. The zero-order chi connectivity index (χ0) is 43.1. The number of pyridine rings is 1. The van der Waals surface area contributed by atoms with Gasteiger partial charge in [-0.3, -0.25) is 23.9 Å². The van der Waals surface area contributed by atoms with Crippen molar-refractivity contribution in [3.63, 3.8) is 0 Å². The minimum atomic E-state index is -3.92. The Morgan fingerprint density at radius 2 is 1.88 bits per heavy atom. The predicted molar refractivity (Wildman–Crippen MR) is 227 cm³/mol. The molecule has 1 saturated heterocycles. The van der Waals surface area contributed by atoms with Crippen LogP contribution in [0, 0.1) is 12.8 Å². The van der Waals surface area contributed by atoms with Gasteiger partial charge in [0.25, 0.3) is 5.91 Å². The van der Waals surface area contributed by atoms with E-state index in [-0.39, 0.29) is 31.4 Å². The van der Waals surface area contributed by atoms with Gasteiger partial charge in [0.1, 0.15) is 35.2 Å². The molecular formula is C43H57N5O10S2. The molecule has 4 amide bonds. The number of aryl methyl sites for hydroxylation is 1. The Kier molecular flexibility index (Phi) is 12.5. The van der Waals surface area contributed by atoms with Gasteiger partial charge < -0.3 is 34.9 Å². The molecule has 0 spiro atoms. The number of aliphatic hydroxyl groups is 1. The summed E-state index contributed by atoms with van der Waals surface area (Å²) in [6, 6.07) is 3.22. The number of methoxy groups -OCH3 is 1. The van der Waals surface area contributed by atoms with E-state index in [9.17, 15) is 32.7 Å². The van der Waals surface area contributed by atoms with Crippen molar-refractivity contribution in [2.45, 2.75) is 145 Å². The lowest BCUT2D eigenvalue weighted by atomic mass is 10.0. The van der Waals surface area contributed by atoms with E-state index in [4.69, 9.17) is 19.2 Å². The summed E-state index contributed by atoms with van der Waals surface area (Å²) in [5.41, 5.74) is -1.27. The molecule has 7 rings (SSSR count). The average Bonchev–Trinajstić information content (AvgIpc) is 4.05. The fraction of sp³-hybridized carbons (Fsp3) is 0.605. The second kappa shape index (κ2) is 17.2. The molecule has 2 unspecified atom stereocenters. The van der Waals surface area contributed by atoms with Crippen molar-refractivity contribution >= 4 is 56.3 Å². The number of thioether (sulfide) groups is 1. The normalized spacial score (nSPS) is 28.1. The molecule has 5 aliphatic rings. The molecule has 4 heterocycles. The van der Waals surface area contributed by atoms with Gasteiger partial charge in [0, 0.05) is 34.3 Å². The van der Waals surface area contributed by atoms with Gasteiger partial charge in [-0.2, -0.15) is 0 Å². The number of nitrogens with zero attached hydrogens (tertiary/aromatic N) is 2. The van der Waals surface area contributed by atoms with E-state index in [1.165, 1.54) is 16.7 Å². The number of hydrogen-bond acceptors (Lipinski definition) is 12. The molecule has 6 atom stereocenters. The lowest BCUT2D eigenvalue weighted by molar-refractivity contribution is -0.142. The number of hydrogen-bond donors (Lipinski definition) is 4. The molecule has 0 bridgehead atoms. The van der Waals surface area contributed by atoms with Crippen LogP contribution < -0.4 is 29.6 Å². The Balaban J connectivity index is 1.21. The van der Waals surface area contributed by atoms with E-state index < -0.39 is 73.5 Å². The summed E-state index contributed by atoms with van der Waals surface area (Å²) in [6.45, 7) is 8.95. The average molecular weight is 868 g/mol. The Hall–Kier alpha value is -4.35. The third kappa shape index (κ3) is 9.42. The summed E-state index contributed by atoms with van der Waals surface area (Å²) in [7, 11) is -2.34. The summed E-state index contributed by atoms with van der Waals surface area (Å²) in [4.78, 5) is 64.0. The van der Waals surface area contributed by atoms with E-state index in [1.54, 1.807) is 27.0 Å². The van der Waals surface area contributed by atoms with E-state index in [0.29, 0.717) is 71.7 Å². The fourth-order valence-corrected chi connectivity index (χ4v) is 10.8. The maximum atomic E-state index is 14.9. The molecule has 2 saturated carbocycles. The van der Waals surface area contributed by atoms with Crippen molar-refractivity contribution in [3.05, 3.63) is 46.9 Å². The first-order chi connectivity index (χ1) is 28.4. The molecule has 4 N–H and O–H groups in total. The lowest BCUT2D eigenvalue weighted by Gasteiger charge is -2.30. The van der Waals surface area contributed by atoms with Crippen LogP contribution in [0.25, 0.3) is 10.9 Å². The second-order valence-electron chi connectivity index (χ2n) is 17.4. The van der Waals surface area contributed by atoms with Crippen molar-refractivity contribution in [2.24, 2.45) is 5.92 Å². The molecule has 15 nitrogen and oxygen atoms in total. The number of carbonyl (C=O) groups is 4. The molecule has 60 heavy (non-hydrogen) atoms. The maximum absolute atomic E-state index is 14.9. The number of allylic oxidation sites excluding steroid dienone is 2. The van der Waals surface area contributed by atoms with Gasteiger partial charge in [0.15, 0.2) is 0 Å². The summed E-state index contributed by atoms with van der Waals surface area (Å²) in [5, 5.41) is 16.0. The van der Waals surface area contributed by atoms with Crippen molar-refractivity contribution < 1.29 is 46.9 Å². The number of sulfonamides is 1. The van der Waals surface area contributed by atoms with Crippen LogP contribution in [-0.4, -0.2) is 107 Å². The van der Waals surface area contributed by atoms with Gasteiger partial charge in [-0.25, -0.2) is 13.4 Å². The lowest BCUT2D eigenvalue weighted by Crippen LogP contribution is -2.58. The highest BCUT2D eigenvalue weighted by atomic mass is 32.2. The first kappa shape index (κ1) is 43.7. The number of carbonyl (C=O) groups excluding carboxylic acids is 4. The van der Waals surface area contributed by atoms with Crippen LogP contribution in [0.2, 0.25) is 0 Å². The molecule has 2 aromatic rings. The molecule has 0 radical (unpaired) electrons. The SMILES string of the molecule is COc1ccc2c(O[C@@H]3C[C@H]4C(=O)N[C@]5(C(=O)NS(=O)(=O)C6CC6)CC5/C=C\CCCCC[C@H](NC(=O)C5CC=C(C(C)(C)O)S5)C(=O)N4C3)cc(OC(C)C)nc2c1C. The van der Waals surface area contributed by atoms with Crippen molar-refractivity contribution in [3.8, 4) is 17.4 Å². The zero-order valence-electron chi connectivity index (χ0n) is 35.1. The molecular weight excluding hydrogens is 811 g/mol. The number of nitrogens with one attached hydrogen (secondary N) is 3. The topological polar surface area (TPSA) is 203 Å². The van der Waals surface area contributed by atoms with E-state index in [1.807, 2.05) is 51.1 Å². The van der Waals surface area contributed by atoms with Crippen LogP contribution in [-0.2, 0) is 29.2 Å². The molecule has 1 aromatic carbocycles. The van der Waals surface area contributed by atoms with Gasteiger partial charge in [0.05, 0.1) is 41.4 Å². The molecule has 2 aliphatic carbocycles. The first-order valence-electron chi connectivity index (χ1n) is 21.0. The van der Waals surface area contributed by atoms with Crippen LogP contribution in [0.1, 0.15) is 97.5 Å². The van der Waals surface area contributed by atoms with Gasteiger partial charge in [0.2, 0.25) is 33.6 Å². The molecule has 17 heteroatoms. The molecule has 1 aromatic heterocycles. The maximum Gasteiger partial charge on any atom is 0.259 e. The highest BCUT2D eigenvalue weighted by molar-refractivity contribution is 8.04. The second-order valence-corrected chi connectivity index (χ2v) is 20.6. The van der Waals surface area contributed by atoms with Crippen LogP contribution in [0.3, 0.4) is 0 Å². The Labute approximate surface area is 355 Å². The summed E-state index contributed by atoms with van der Waals surface area (Å²) in [5.74, 6) is -1.30. The van der Waals surface area contributed by atoms with Crippen LogP contribution in [0.4, 0.5) is 0 Å². The van der Waals surface area contributed by atoms with Crippen molar-refractivity contribution in [1.29, 1.82) is 0 Å². The Morgan fingerprint density at radius 3 is 2.57 bits per heavy atom. The first-order valence-corrected chi connectivity index (χ1v) is 23.4. The quantitative estimate of drug-likeness (QED) is 0.233. The van der Waals surface area contributed by atoms with Gasteiger partial charge in [-0.15, -0.1) is 11.8 Å². The Morgan fingerprint density at radius 1 is 1.12 bits per heavy atom. The van der Waals surface area contributed by atoms with Gasteiger partial charge in [-0.1, -0.05) is 31.1 Å². The zero-order valence-corrected chi connectivity index (χ0v) is 36.7. The summed E-state index contributed by atoms with van der Waals surface area (Å²) in [6.07, 6.45) is 9.48. The smallest absolute Gasteiger partial charge is 0.259 e. The van der Waals surface area contributed by atoms with Crippen molar-refractivity contribution in [1.82, 2.24) is 25.2 Å². The van der Waals surface area contributed by atoms with E-state index in [0.717, 1.165) is 18.4 Å².